The minimum absolute atomic E-state index is 0.226. The van der Waals surface area contributed by atoms with E-state index in [4.69, 9.17) is 10.8 Å². The van der Waals surface area contributed by atoms with Gasteiger partial charge >= 0.3 is 0 Å². The summed E-state index contributed by atoms with van der Waals surface area (Å²) in [6.07, 6.45) is 0. The maximum Gasteiger partial charge on any atom is 0.0471 e. The van der Waals surface area contributed by atoms with Gasteiger partial charge in [-0.05, 0) is 18.8 Å². The lowest BCUT2D eigenvalue weighted by atomic mass is 9.99. The van der Waals surface area contributed by atoms with Crippen molar-refractivity contribution in [3.63, 3.8) is 0 Å². The smallest absolute Gasteiger partial charge is 0.0471 e. The van der Waals surface area contributed by atoms with Crippen molar-refractivity contribution in [3.05, 3.63) is 0 Å². The second kappa shape index (κ2) is 6.35. The van der Waals surface area contributed by atoms with Gasteiger partial charge in [0.1, 0.15) is 0 Å². The molecule has 0 aliphatic heterocycles. The van der Waals surface area contributed by atoms with E-state index in [9.17, 15) is 0 Å². The van der Waals surface area contributed by atoms with E-state index in [2.05, 4.69) is 26.1 Å². The van der Waals surface area contributed by atoms with Gasteiger partial charge in [-0.3, -0.25) is 0 Å². The third-order valence-electron chi connectivity index (χ3n) is 2.68. The number of hydrogen-bond acceptors (Lipinski definition) is 3. The summed E-state index contributed by atoms with van der Waals surface area (Å²) in [5, 5.41) is 12.4. The number of hydrogen-bond donors (Lipinski definition) is 3. The van der Waals surface area contributed by atoms with Crippen LogP contribution >= 0.6 is 0 Å². The van der Waals surface area contributed by atoms with E-state index in [1.165, 1.54) is 0 Å². The van der Waals surface area contributed by atoms with Crippen LogP contribution < -0.4 is 11.1 Å². The van der Waals surface area contributed by atoms with Crippen molar-refractivity contribution in [1.29, 1.82) is 0 Å². The molecule has 0 aliphatic rings. The number of nitrogens with one attached hydrogen (secondary N) is 1. The van der Waals surface area contributed by atoms with Gasteiger partial charge in [0.25, 0.3) is 0 Å². The first kappa shape index (κ1) is 12.9. The molecule has 0 spiro atoms. The Morgan fingerprint density at radius 3 is 2.08 bits per heavy atom. The highest BCUT2D eigenvalue weighted by atomic mass is 16.3. The minimum Gasteiger partial charge on any atom is -0.396 e. The molecule has 3 nitrogen and oxygen atoms in total. The molecule has 0 aliphatic carbocycles. The lowest BCUT2D eigenvalue weighted by Crippen LogP contribution is -2.47. The SMILES string of the molecule is CC(C)C(CN)NC(C)C(C)CO. The topological polar surface area (TPSA) is 58.3 Å². The van der Waals surface area contributed by atoms with E-state index in [1.807, 2.05) is 6.92 Å². The van der Waals surface area contributed by atoms with Crippen LogP contribution in [0.15, 0.2) is 0 Å². The van der Waals surface area contributed by atoms with Crippen molar-refractivity contribution < 1.29 is 5.11 Å². The van der Waals surface area contributed by atoms with Crippen LogP contribution in [0.4, 0.5) is 0 Å². The molecule has 0 saturated heterocycles. The molecule has 0 radical (unpaired) electrons. The van der Waals surface area contributed by atoms with Crippen LogP contribution in [0, 0.1) is 11.8 Å². The largest absolute Gasteiger partial charge is 0.396 e. The predicted molar refractivity (Wildman–Crippen MR) is 56.5 cm³/mol. The van der Waals surface area contributed by atoms with E-state index in [0.29, 0.717) is 24.5 Å². The van der Waals surface area contributed by atoms with E-state index in [0.717, 1.165) is 0 Å². The van der Waals surface area contributed by atoms with Gasteiger partial charge < -0.3 is 16.2 Å². The first-order valence-electron chi connectivity index (χ1n) is 5.09. The second-order valence-corrected chi connectivity index (χ2v) is 4.20. The molecule has 3 unspecified atom stereocenters. The predicted octanol–water partition coefficient (Wildman–Crippen LogP) is 0.576. The van der Waals surface area contributed by atoms with E-state index in [-0.39, 0.29) is 12.5 Å². The zero-order chi connectivity index (χ0) is 10.4. The van der Waals surface area contributed by atoms with E-state index in [1.54, 1.807) is 0 Å². The molecule has 0 heterocycles. The molecular weight excluding hydrogens is 164 g/mol. The number of nitrogens with two attached hydrogens (primary N) is 1. The van der Waals surface area contributed by atoms with Gasteiger partial charge in [-0.2, -0.15) is 0 Å². The monoisotopic (exact) mass is 188 g/mol. The molecule has 0 fully saturated rings. The Morgan fingerprint density at radius 2 is 1.77 bits per heavy atom. The van der Waals surface area contributed by atoms with Crippen molar-refractivity contribution in [2.45, 2.75) is 39.8 Å². The number of rotatable bonds is 6. The minimum atomic E-state index is 0.226. The fraction of sp³-hybridized carbons (Fsp3) is 1.00. The van der Waals surface area contributed by atoms with Crippen LogP contribution in [0.3, 0.4) is 0 Å². The normalized spacial score (nSPS) is 18.7. The van der Waals surface area contributed by atoms with Crippen LogP contribution in [-0.2, 0) is 0 Å². The van der Waals surface area contributed by atoms with Gasteiger partial charge in [0, 0.05) is 25.2 Å². The molecular formula is C10H24N2O. The van der Waals surface area contributed by atoms with Gasteiger partial charge in [-0.25, -0.2) is 0 Å². The third kappa shape index (κ3) is 4.60. The summed E-state index contributed by atoms with van der Waals surface area (Å²) in [5.74, 6) is 0.825. The molecule has 4 N–H and O–H groups in total. The Bertz CT molecular complexity index is 128. The average molecular weight is 188 g/mol. The summed E-state index contributed by atoms with van der Waals surface area (Å²) in [7, 11) is 0. The fourth-order valence-electron chi connectivity index (χ4n) is 1.19. The van der Waals surface area contributed by atoms with Crippen LogP contribution in [-0.4, -0.2) is 30.3 Å². The van der Waals surface area contributed by atoms with Crippen molar-refractivity contribution in [3.8, 4) is 0 Å². The van der Waals surface area contributed by atoms with Gasteiger partial charge in [-0.15, -0.1) is 0 Å². The summed E-state index contributed by atoms with van der Waals surface area (Å²) in [4.78, 5) is 0. The summed E-state index contributed by atoms with van der Waals surface area (Å²) < 4.78 is 0. The molecule has 3 heteroatoms. The Morgan fingerprint density at radius 1 is 1.23 bits per heavy atom. The van der Waals surface area contributed by atoms with Gasteiger partial charge in [0.2, 0.25) is 0 Å². The summed E-state index contributed by atoms with van der Waals surface area (Å²) in [5.41, 5.74) is 5.64. The first-order chi connectivity index (χ1) is 6.02. The van der Waals surface area contributed by atoms with Crippen molar-refractivity contribution in [1.82, 2.24) is 5.32 Å². The van der Waals surface area contributed by atoms with Crippen molar-refractivity contribution in [2.75, 3.05) is 13.2 Å². The van der Waals surface area contributed by atoms with E-state index < -0.39 is 0 Å². The summed E-state index contributed by atoms with van der Waals surface area (Å²) in [6.45, 7) is 9.31. The van der Waals surface area contributed by atoms with Gasteiger partial charge in [0.15, 0.2) is 0 Å². The van der Waals surface area contributed by atoms with Crippen LogP contribution in [0.1, 0.15) is 27.7 Å². The number of aliphatic hydroxyl groups excluding tert-OH is 1. The van der Waals surface area contributed by atoms with Gasteiger partial charge in [-0.1, -0.05) is 20.8 Å². The van der Waals surface area contributed by atoms with Crippen LogP contribution in [0.5, 0.6) is 0 Å². The van der Waals surface area contributed by atoms with E-state index >= 15 is 0 Å². The zero-order valence-electron chi connectivity index (χ0n) is 9.25. The Balaban J connectivity index is 3.93. The quantitative estimate of drug-likeness (QED) is 0.571. The molecule has 13 heavy (non-hydrogen) atoms. The second-order valence-electron chi connectivity index (χ2n) is 4.20. The van der Waals surface area contributed by atoms with Crippen molar-refractivity contribution in [2.24, 2.45) is 17.6 Å². The highest BCUT2D eigenvalue weighted by Crippen LogP contribution is 2.06. The average Bonchev–Trinajstić information content (AvgIpc) is 2.11. The standard InChI is InChI=1S/C10H24N2O/c1-7(2)10(5-11)12-9(4)8(3)6-13/h7-10,12-13H,5-6,11H2,1-4H3. The van der Waals surface area contributed by atoms with Crippen LogP contribution in [0.2, 0.25) is 0 Å². The highest BCUT2D eigenvalue weighted by Gasteiger charge is 2.17. The highest BCUT2D eigenvalue weighted by molar-refractivity contribution is 4.77. The summed E-state index contributed by atoms with van der Waals surface area (Å²) >= 11 is 0. The van der Waals surface area contributed by atoms with Crippen molar-refractivity contribution >= 4 is 0 Å². The fourth-order valence-corrected chi connectivity index (χ4v) is 1.19. The lowest BCUT2D eigenvalue weighted by molar-refractivity contribution is 0.195. The molecule has 0 saturated carbocycles. The molecule has 0 amide bonds. The molecule has 80 valence electrons. The molecule has 0 rings (SSSR count). The summed E-state index contributed by atoms with van der Waals surface area (Å²) in [6, 6.07) is 0.671. The maximum absolute atomic E-state index is 8.96. The van der Waals surface area contributed by atoms with Crippen LogP contribution in [0.25, 0.3) is 0 Å². The van der Waals surface area contributed by atoms with Gasteiger partial charge in [0.05, 0.1) is 0 Å². The zero-order valence-corrected chi connectivity index (χ0v) is 9.25. The Kier molecular flexibility index (Phi) is 6.29. The Labute approximate surface area is 81.7 Å². The molecule has 0 bridgehead atoms. The Hall–Kier alpha value is -0.120. The number of aliphatic hydroxyl groups is 1. The molecule has 0 aromatic carbocycles. The molecule has 3 atom stereocenters. The lowest BCUT2D eigenvalue weighted by Gasteiger charge is -2.28. The third-order valence-corrected chi connectivity index (χ3v) is 2.68. The molecule has 0 aromatic heterocycles. The maximum atomic E-state index is 8.96. The molecule has 0 aromatic rings. The first-order valence-corrected chi connectivity index (χ1v) is 5.09.